The van der Waals surface area contributed by atoms with Crippen molar-refractivity contribution in [2.24, 2.45) is 0 Å². The molecule has 3 N–H and O–H groups in total. The second-order valence-electron chi connectivity index (χ2n) is 5.24. The first-order valence-electron chi connectivity index (χ1n) is 6.90. The van der Waals surface area contributed by atoms with Crippen molar-refractivity contribution < 1.29 is 9.53 Å². The molecule has 0 heterocycles. The van der Waals surface area contributed by atoms with E-state index in [0.717, 1.165) is 18.4 Å². The Labute approximate surface area is 114 Å². The minimum Gasteiger partial charge on any atom is -0.478 e. The Kier molecular flexibility index (Phi) is 4.30. The first kappa shape index (κ1) is 13.7. The molecule has 0 radical (unpaired) electrons. The molecule has 1 amide bonds. The number of ether oxygens (including phenoxy) is 1. The fourth-order valence-corrected chi connectivity index (χ4v) is 2.46. The third-order valence-corrected chi connectivity index (χ3v) is 3.61. The van der Waals surface area contributed by atoms with Crippen molar-refractivity contribution >= 4 is 11.6 Å². The predicted octanol–water partition coefficient (Wildman–Crippen LogP) is 2.40. The number of amides is 1. The van der Waals surface area contributed by atoms with Crippen LogP contribution in [0, 0.1) is 6.92 Å². The summed E-state index contributed by atoms with van der Waals surface area (Å²) in [4.78, 5) is 12.0. The normalized spacial score (nSPS) is 17.2. The van der Waals surface area contributed by atoms with Crippen LogP contribution in [0.3, 0.4) is 0 Å². The molecule has 104 valence electrons. The van der Waals surface area contributed by atoms with Crippen LogP contribution in [0.5, 0.6) is 5.75 Å². The van der Waals surface area contributed by atoms with E-state index in [0.29, 0.717) is 17.5 Å². The van der Waals surface area contributed by atoms with Crippen molar-refractivity contribution in [3.63, 3.8) is 0 Å². The van der Waals surface area contributed by atoms with E-state index >= 15 is 0 Å². The van der Waals surface area contributed by atoms with E-state index in [9.17, 15) is 4.79 Å². The Bertz CT molecular complexity index is 433. The first-order chi connectivity index (χ1) is 9.08. The molecule has 1 aliphatic rings. The number of nitrogen functional groups attached to an aromatic ring is 1. The van der Waals surface area contributed by atoms with E-state index < -0.39 is 6.10 Å². The Morgan fingerprint density at radius 2 is 2.11 bits per heavy atom. The smallest absolute Gasteiger partial charge is 0.260 e. The minimum atomic E-state index is -0.524. The monoisotopic (exact) mass is 262 g/mol. The first-order valence-corrected chi connectivity index (χ1v) is 6.90. The van der Waals surface area contributed by atoms with Gasteiger partial charge in [0.25, 0.3) is 5.91 Å². The largest absolute Gasteiger partial charge is 0.478 e. The maximum atomic E-state index is 12.0. The fourth-order valence-electron chi connectivity index (χ4n) is 2.46. The van der Waals surface area contributed by atoms with Crippen LogP contribution in [0.4, 0.5) is 5.69 Å². The van der Waals surface area contributed by atoms with Crippen LogP contribution < -0.4 is 15.8 Å². The number of rotatable bonds is 4. The topological polar surface area (TPSA) is 64.3 Å². The molecule has 0 aliphatic heterocycles. The van der Waals surface area contributed by atoms with Crippen molar-refractivity contribution in [1.82, 2.24) is 5.32 Å². The summed E-state index contributed by atoms with van der Waals surface area (Å²) < 4.78 is 5.71. The van der Waals surface area contributed by atoms with Gasteiger partial charge in [-0.1, -0.05) is 25.0 Å². The van der Waals surface area contributed by atoms with Crippen molar-refractivity contribution in [2.45, 2.75) is 51.7 Å². The van der Waals surface area contributed by atoms with Crippen molar-refractivity contribution in [2.75, 3.05) is 5.73 Å². The lowest BCUT2D eigenvalue weighted by atomic mass is 10.2. The summed E-state index contributed by atoms with van der Waals surface area (Å²) >= 11 is 0. The highest BCUT2D eigenvalue weighted by Crippen LogP contribution is 2.26. The molecule has 1 fully saturated rings. The van der Waals surface area contributed by atoms with Gasteiger partial charge >= 0.3 is 0 Å². The Balaban J connectivity index is 1.96. The molecule has 0 saturated heterocycles. The number of benzene rings is 1. The SMILES string of the molecule is Cc1cccc(N)c1OC(C)C(=O)NC1CCCC1. The standard InChI is InChI=1S/C15H22N2O2/c1-10-6-5-9-13(16)14(10)19-11(2)15(18)17-12-7-3-4-8-12/h5-6,9,11-12H,3-4,7-8,16H2,1-2H3,(H,17,18). The van der Waals surface area contributed by atoms with E-state index in [2.05, 4.69) is 5.32 Å². The van der Waals surface area contributed by atoms with Crippen LogP contribution in [-0.2, 0) is 4.79 Å². The molecule has 1 saturated carbocycles. The quantitative estimate of drug-likeness (QED) is 0.819. The van der Waals surface area contributed by atoms with Gasteiger partial charge in [-0.2, -0.15) is 0 Å². The maximum Gasteiger partial charge on any atom is 0.260 e. The van der Waals surface area contributed by atoms with Gasteiger partial charge in [0, 0.05) is 6.04 Å². The van der Waals surface area contributed by atoms with Gasteiger partial charge in [-0.15, -0.1) is 0 Å². The highest BCUT2D eigenvalue weighted by molar-refractivity contribution is 5.81. The zero-order valence-corrected chi connectivity index (χ0v) is 11.6. The van der Waals surface area contributed by atoms with E-state index in [4.69, 9.17) is 10.5 Å². The van der Waals surface area contributed by atoms with Crippen LogP contribution in [0.25, 0.3) is 0 Å². The zero-order chi connectivity index (χ0) is 13.8. The van der Waals surface area contributed by atoms with E-state index in [-0.39, 0.29) is 5.91 Å². The molecule has 1 aromatic rings. The van der Waals surface area contributed by atoms with E-state index in [1.165, 1.54) is 12.8 Å². The molecule has 4 nitrogen and oxygen atoms in total. The highest BCUT2D eigenvalue weighted by Gasteiger charge is 2.22. The summed E-state index contributed by atoms with van der Waals surface area (Å²) in [6, 6.07) is 5.89. The summed E-state index contributed by atoms with van der Waals surface area (Å²) in [5.41, 5.74) is 7.39. The molecule has 0 spiro atoms. The number of nitrogens with two attached hydrogens (primary N) is 1. The molecule has 2 rings (SSSR count). The molecule has 0 bridgehead atoms. The molecule has 0 aromatic heterocycles. The number of hydrogen-bond donors (Lipinski definition) is 2. The van der Waals surface area contributed by atoms with Gasteiger partial charge in [0.05, 0.1) is 5.69 Å². The average molecular weight is 262 g/mol. The van der Waals surface area contributed by atoms with Crippen LogP contribution in [0.2, 0.25) is 0 Å². The molecule has 1 atom stereocenters. The number of para-hydroxylation sites is 1. The van der Waals surface area contributed by atoms with Gasteiger partial charge in [0.15, 0.2) is 6.10 Å². The van der Waals surface area contributed by atoms with Crippen molar-refractivity contribution in [3.05, 3.63) is 23.8 Å². The Hall–Kier alpha value is -1.71. The highest BCUT2D eigenvalue weighted by atomic mass is 16.5. The molecule has 4 heteroatoms. The maximum absolute atomic E-state index is 12.0. The number of hydrogen-bond acceptors (Lipinski definition) is 3. The van der Waals surface area contributed by atoms with Crippen LogP contribution >= 0.6 is 0 Å². The van der Waals surface area contributed by atoms with Gasteiger partial charge in [0.1, 0.15) is 5.75 Å². The number of aryl methyl sites for hydroxylation is 1. The summed E-state index contributed by atoms with van der Waals surface area (Å²) in [5, 5.41) is 3.03. The minimum absolute atomic E-state index is 0.0606. The molecular formula is C15H22N2O2. The Morgan fingerprint density at radius 1 is 1.42 bits per heavy atom. The van der Waals surface area contributed by atoms with E-state index in [1.54, 1.807) is 13.0 Å². The van der Waals surface area contributed by atoms with E-state index in [1.807, 2.05) is 19.1 Å². The molecule has 19 heavy (non-hydrogen) atoms. The lowest BCUT2D eigenvalue weighted by Crippen LogP contribution is -2.41. The summed E-state index contributed by atoms with van der Waals surface area (Å²) in [6.07, 6.45) is 4.02. The molecule has 1 aromatic carbocycles. The third kappa shape index (κ3) is 3.40. The van der Waals surface area contributed by atoms with Crippen LogP contribution in [-0.4, -0.2) is 18.1 Å². The third-order valence-electron chi connectivity index (χ3n) is 3.61. The average Bonchev–Trinajstić information content (AvgIpc) is 2.86. The predicted molar refractivity (Wildman–Crippen MR) is 76.1 cm³/mol. The Morgan fingerprint density at radius 3 is 2.74 bits per heavy atom. The van der Waals surface area contributed by atoms with Gasteiger partial charge in [-0.25, -0.2) is 0 Å². The lowest BCUT2D eigenvalue weighted by molar-refractivity contribution is -0.127. The fraction of sp³-hybridized carbons (Fsp3) is 0.533. The second kappa shape index (κ2) is 5.95. The lowest BCUT2D eigenvalue weighted by Gasteiger charge is -2.19. The van der Waals surface area contributed by atoms with Crippen molar-refractivity contribution in [3.8, 4) is 5.75 Å². The summed E-state index contributed by atoms with van der Waals surface area (Å²) in [7, 11) is 0. The molecule has 1 unspecified atom stereocenters. The van der Waals surface area contributed by atoms with Gasteiger partial charge in [-0.3, -0.25) is 4.79 Å². The number of carbonyl (C=O) groups excluding carboxylic acids is 1. The van der Waals surface area contributed by atoms with Gasteiger partial charge < -0.3 is 15.8 Å². The number of carbonyl (C=O) groups is 1. The summed E-state index contributed by atoms with van der Waals surface area (Å²) in [6.45, 7) is 3.68. The molecule has 1 aliphatic carbocycles. The second-order valence-corrected chi connectivity index (χ2v) is 5.24. The number of nitrogens with one attached hydrogen (secondary N) is 1. The zero-order valence-electron chi connectivity index (χ0n) is 11.6. The number of anilines is 1. The van der Waals surface area contributed by atoms with Crippen molar-refractivity contribution in [1.29, 1.82) is 0 Å². The van der Waals surface area contributed by atoms with Gasteiger partial charge in [0.2, 0.25) is 0 Å². The molecular weight excluding hydrogens is 240 g/mol. The summed E-state index contributed by atoms with van der Waals surface area (Å²) in [5.74, 6) is 0.547. The van der Waals surface area contributed by atoms with Crippen LogP contribution in [0.1, 0.15) is 38.2 Å². The van der Waals surface area contributed by atoms with Gasteiger partial charge in [-0.05, 0) is 38.3 Å². The van der Waals surface area contributed by atoms with Crippen LogP contribution in [0.15, 0.2) is 18.2 Å².